The molecule has 0 saturated carbocycles. The van der Waals surface area contributed by atoms with Crippen LogP contribution in [0.25, 0.3) is 0 Å². The Morgan fingerprint density at radius 1 is 1.56 bits per heavy atom. The van der Waals surface area contributed by atoms with Crippen molar-refractivity contribution in [2.45, 2.75) is 25.9 Å². The van der Waals surface area contributed by atoms with Gasteiger partial charge in [0.05, 0.1) is 12.6 Å². The Balaban J connectivity index is 2.72. The molecule has 0 aliphatic heterocycles. The molecule has 0 heterocycles. The summed E-state index contributed by atoms with van der Waals surface area (Å²) in [7, 11) is 0. The van der Waals surface area contributed by atoms with Crippen molar-refractivity contribution < 1.29 is 9.90 Å². The predicted octanol–water partition coefficient (Wildman–Crippen LogP) is 0.646. The molecule has 1 rings (SSSR count). The lowest BCUT2D eigenvalue weighted by atomic mass is 10.1. The Bertz CT molecular complexity index is 349. The molecule has 0 fully saturated rings. The lowest BCUT2D eigenvalue weighted by Gasteiger charge is -2.14. The van der Waals surface area contributed by atoms with Crippen LogP contribution in [-0.2, 0) is 6.54 Å². The molecular weight excluding hydrogens is 204 g/mol. The van der Waals surface area contributed by atoms with Crippen LogP contribution in [0, 0.1) is 0 Å². The minimum Gasteiger partial charge on any atom is -0.394 e. The van der Waals surface area contributed by atoms with E-state index in [4.69, 9.17) is 10.8 Å². The van der Waals surface area contributed by atoms with Gasteiger partial charge in [0.1, 0.15) is 0 Å². The standard InChI is InChI=1S/C12H18N2O2/c1-2-11(8-15)14-12(16)10-5-3-4-9(6-10)7-13/h3-6,11,15H,2,7-8,13H2,1H3,(H,14,16)/t11-/m1/s1. The number of hydrogen-bond donors (Lipinski definition) is 3. The second kappa shape index (κ2) is 6.25. The molecule has 4 nitrogen and oxygen atoms in total. The maximum Gasteiger partial charge on any atom is 0.251 e. The summed E-state index contributed by atoms with van der Waals surface area (Å²) in [5.41, 5.74) is 7.00. The van der Waals surface area contributed by atoms with E-state index in [9.17, 15) is 4.79 Å². The van der Waals surface area contributed by atoms with E-state index >= 15 is 0 Å². The number of carbonyl (C=O) groups is 1. The van der Waals surface area contributed by atoms with E-state index in [1.165, 1.54) is 0 Å². The van der Waals surface area contributed by atoms with Gasteiger partial charge in [0.25, 0.3) is 5.91 Å². The number of carbonyl (C=O) groups excluding carboxylic acids is 1. The van der Waals surface area contributed by atoms with E-state index in [1.807, 2.05) is 13.0 Å². The van der Waals surface area contributed by atoms with E-state index in [2.05, 4.69) is 5.32 Å². The highest BCUT2D eigenvalue weighted by Gasteiger charge is 2.11. The molecule has 0 spiro atoms. The van der Waals surface area contributed by atoms with Crippen molar-refractivity contribution in [2.75, 3.05) is 6.61 Å². The Hall–Kier alpha value is -1.39. The minimum atomic E-state index is -0.186. The molecular formula is C12H18N2O2. The smallest absolute Gasteiger partial charge is 0.251 e. The van der Waals surface area contributed by atoms with Crippen molar-refractivity contribution in [3.63, 3.8) is 0 Å². The highest BCUT2D eigenvalue weighted by molar-refractivity contribution is 5.94. The van der Waals surface area contributed by atoms with Gasteiger partial charge in [-0.1, -0.05) is 19.1 Å². The van der Waals surface area contributed by atoms with E-state index in [0.29, 0.717) is 18.5 Å². The summed E-state index contributed by atoms with van der Waals surface area (Å²) in [6, 6.07) is 6.99. The molecule has 1 amide bonds. The number of rotatable bonds is 5. The van der Waals surface area contributed by atoms with Crippen LogP contribution in [0.5, 0.6) is 0 Å². The minimum absolute atomic E-state index is 0.0428. The van der Waals surface area contributed by atoms with Crippen LogP contribution < -0.4 is 11.1 Å². The summed E-state index contributed by atoms with van der Waals surface area (Å²) in [5, 5.41) is 11.7. The first-order chi connectivity index (χ1) is 7.71. The largest absolute Gasteiger partial charge is 0.394 e. The zero-order chi connectivity index (χ0) is 12.0. The molecule has 1 aromatic rings. The molecule has 88 valence electrons. The van der Waals surface area contributed by atoms with Crippen molar-refractivity contribution in [3.05, 3.63) is 35.4 Å². The third kappa shape index (κ3) is 3.32. The van der Waals surface area contributed by atoms with Gasteiger partial charge < -0.3 is 16.2 Å². The normalized spacial score (nSPS) is 12.2. The summed E-state index contributed by atoms with van der Waals surface area (Å²) >= 11 is 0. The molecule has 0 aliphatic carbocycles. The molecule has 4 heteroatoms. The molecule has 0 aromatic heterocycles. The van der Waals surface area contributed by atoms with Crippen LogP contribution in [0.2, 0.25) is 0 Å². The average Bonchev–Trinajstić information content (AvgIpc) is 2.35. The van der Waals surface area contributed by atoms with Crippen LogP contribution in [0.4, 0.5) is 0 Å². The monoisotopic (exact) mass is 222 g/mol. The van der Waals surface area contributed by atoms with E-state index in [-0.39, 0.29) is 18.6 Å². The summed E-state index contributed by atoms with van der Waals surface area (Å²) in [5.74, 6) is -0.170. The molecule has 0 radical (unpaired) electrons. The van der Waals surface area contributed by atoms with Gasteiger partial charge in [0, 0.05) is 12.1 Å². The van der Waals surface area contributed by atoms with Gasteiger partial charge in [-0.05, 0) is 24.1 Å². The fourth-order valence-corrected chi connectivity index (χ4v) is 1.39. The van der Waals surface area contributed by atoms with Crippen LogP contribution in [0.15, 0.2) is 24.3 Å². The molecule has 16 heavy (non-hydrogen) atoms. The van der Waals surface area contributed by atoms with Gasteiger partial charge in [-0.15, -0.1) is 0 Å². The van der Waals surface area contributed by atoms with Crippen molar-refractivity contribution >= 4 is 5.91 Å². The second-order valence-corrected chi connectivity index (χ2v) is 3.67. The third-order valence-corrected chi connectivity index (χ3v) is 2.47. The van der Waals surface area contributed by atoms with Crippen molar-refractivity contribution in [1.29, 1.82) is 0 Å². The maximum atomic E-state index is 11.8. The molecule has 4 N–H and O–H groups in total. The van der Waals surface area contributed by atoms with Gasteiger partial charge in [-0.3, -0.25) is 4.79 Å². The predicted molar refractivity (Wildman–Crippen MR) is 63.0 cm³/mol. The summed E-state index contributed by atoms with van der Waals surface area (Å²) in [4.78, 5) is 11.8. The summed E-state index contributed by atoms with van der Waals surface area (Å²) < 4.78 is 0. The zero-order valence-corrected chi connectivity index (χ0v) is 9.44. The van der Waals surface area contributed by atoms with Gasteiger partial charge >= 0.3 is 0 Å². The topological polar surface area (TPSA) is 75.3 Å². The van der Waals surface area contributed by atoms with Crippen LogP contribution in [0.1, 0.15) is 29.3 Å². The first-order valence-electron chi connectivity index (χ1n) is 5.42. The van der Waals surface area contributed by atoms with Crippen LogP contribution in [0.3, 0.4) is 0 Å². The third-order valence-electron chi connectivity index (χ3n) is 2.47. The fraction of sp³-hybridized carbons (Fsp3) is 0.417. The van der Waals surface area contributed by atoms with Gasteiger partial charge in [-0.25, -0.2) is 0 Å². The lowest BCUT2D eigenvalue weighted by Crippen LogP contribution is -2.36. The van der Waals surface area contributed by atoms with Gasteiger partial charge in [0.15, 0.2) is 0 Å². The number of nitrogens with two attached hydrogens (primary N) is 1. The van der Waals surface area contributed by atoms with Crippen molar-refractivity contribution in [1.82, 2.24) is 5.32 Å². The first kappa shape index (κ1) is 12.7. The van der Waals surface area contributed by atoms with Crippen LogP contribution in [-0.4, -0.2) is 23.7 Å². The number of amides is 1. The zero-order valence-electron chi connectivity index (χ0n) is 9.44. The number of nitrogens with one attached hydrogen (secondary N) is 1. The Morgan fingerprint density at radius 3 is 2.88 bits per heavy atom. The molecule has 1 atom stereocenters. The summed E-state index contributed by atoms with van der Waals surface area (Å²) in [6.45, 7) is 2.29. The van der Waals surface area contributed by atoms with Crippen molar-refractivity contribution in [3.8, 4) is 0 Å². The highest BCUT2D eigenvalue weighted by atomic mass is 16.3. The molecule has 0 aliphatic rings. The number of benzene rings is 1. The Labute approximate surface area is 95.5 Å². The second-order valence-electron chi connectivity index (χ2n) is 3.67. The quantitative estimate of drug-likeness (QED) is 0.684. The molecule has 0 unspecified atom stereocenters. The highest BCUT2D eigenvalue weighted by Crippen LogP contribution is 2.05. The van der Waals surface area contributed by atoms with E-state index < -0.39 is 0 Å². The fourth-order valence-electron chi connectivity index (χ4n) is 1.39. The lowest BCUT2D eigenvalue weighted by molar-refractivity contribution is 0.0915. The van der Waals surface area contributed by atoms with Gasteiger partial charge in [0.2, 0.25) is 0 Å². The van der Waals surface area contributed by atoms with Gasteiger partial charge in [-0.2, -0.15) is 0 Å². The van der Waals surface area contributed by atoms with E-state index in [0.717, 1.165) is 5.56 Å². The number of hydrogen-bond acceptors (Lipinski definition) is 3. The van der Waals surface area contributed by atoms with E-state index in [1.54, 1.807) is 18.2 Å². The molecule has 0 bridgehead atoms. The first-order valence-corrected chi connectivity index (χ1v) is 5.42. The van der Waals surface area contributed by atoms with Crippen molar-refractivity contribution in [2.24, 2.45) is 5.73 Å². The number of aliphatic hydroxyl groups is 1. The molecule has 0 saturated heterocycles. The summed E-state index contributed by atoms with van der Waals surface area (Å²) in [6.07, 6.45) is 0.707. The van der Waals surface area contributed by atoms with Crippen LogP contribution >= 0.6 is 0 Å². The Morgan fingerprint density at radius 2 is 2.31 bits per heavy atom. The number of aliphatic hydroxyl groups excluding tert-OH is 1. The molecule has 1 aromatic carbocycles. The maximum absolute atomic E-state index is 11.8. The average molecular weight is 222 g/mol. The SMILES string of the molecule is CC[C@H](CO)NC(=O)c1cccc(CN)c1. The Kier molecular flexibility index (Phi) is 4.95.